The van der Waals surface area contributed by atoms with Crippen molar-refractivity contribution in [2.24, 2.45) is 7.05 Å². The Morgan fingerprint density at radius 3 is 2.60 bits per heavy atom. The summed E-state index contributed by atoms with van der Waals surface area (Å²) in [7, 11) is -1.84. The van der Waals surface area contributed by atoms with E-state index in [0.717, 1.165) is 22.9 Å². The van der Waals surface area contributed by atoms with Crippen LogP contribution >= 0.6 is 0 Å². The third-order valence-electron chi connectivity index (χ3n) is 4.64. The van der Waals surface area contributed by atoms with E-state index in [1.807, 2.05) is 38.1 Å². The third kappa shape index (κ3) is 3.61. The second kappa shape index (κ2) is 7.44. The minimum Gasteiger partial charge on any atom is -0.350 e. The molecule has 0 fully saturated rings. The van der Waals surface area contributed by atoms with Crippen LogP contribution in [0.25, 0.3) is 17.0 Å². The highest BCUT2D eigenvalue weighted by atomic mass is 32.2. The molecule has 12 heteroatoms. The fraction of sp³-hybridized carbons (Fsp3) is 0.333. The normalized spacial score (nSPS) is 12.0. The maximum atomic E-state index is 12.1. The molecule has 0 saturated heterocycles. The molecule has 1 N–H and O–H groups in total. The fourth-order valence-electron chi connectivity index (χ4n) is 3.09. The molecule has 0 radical (unpaired) electrons. The standard InChI is InChI=1S/C18H21N9O2S/c1-11(2)14-10-20-27-15(14)21-18(30(4,28)29)22-17(27)19-9-12-7-5-6-8-13(12)16-23-24-25-26(16)3/h5-8,10-11H,9H2,1-4H3,(H,19,21,22). The first-order chi connectivity index (χ1) is 14.3. The Morgan fingerprint density at radius 2 is 1.93 bits per heavy atom. The number of hydrogen-bond donors (Lipinski definition) is 1. The molecule has 30 heavy (non-hydrogen) atoms. The molecule has 0 atom stereocenters. The molecule has 4 rings (SSSR count). The van der Waals surface area contributed by atoms with Crippen LogP contribution in [0.3, 0.4) is 0 Å². The lowest BCUT2D eigenvalue weighted by atomic mass is 10.1. The molecule has 0 saturated carbocycles. The summed E-state index contributed by atoms with van der Waals surface area (Å²) in [5.74, 6) is 1.04. The van der Waals surface area contributed by atoms with E-state index in [9.17, 15) is 8.42 Å². The Bertz CT molecular complexity index is 1320. The molecule has 0 unspecified atom stereocenters. The van der Waals surface area contributed by atoms with Crippen molar-refractivity contribution in [1.29, 1.82) is 0 Å². The summed E-state index contributed by atoms with van der Waals surface area (Å²) >= 11 is 0. The van der Waals surface area contributed by atoms with E-state index in [1.165, 1.54) is 4.52 Å². The molecule has 1 aromatic carbocycles. The second-order valence-electron chi connectivity index (χ2n) is 7.23. The lowest BCUT2D eigenvalue weighted by Crippen LogP contribution is -2.14. The van der Waals surface area contributed by atoms with Gasteiger partial charge in [0.05, 0.1) is 6.20 Å². The summed E-state index contributed by atoms with van der Waals surface area (Å²) in [4.78, 5) is 8.46. The first-order valence-electron chi connectivity index (χ1n) is 9.26. The highest BCUT2D eigenvalue weighted by molar-refractivity contribution is 7.90. The maximum Gasteiger partial charge on any atom is 0.252 e. The van der Waals surface area contributed by atoms with Crippen molar-refractivity contribution in [3.05, 3.63) is 41.6 Å². The smallest absolute Gasteiger partial charge is 0.252 e. The van der Waals surface area contributed by atoms with Crippen molar-refractivity contribution < 1.29 is 8.42 Å². The van der Waals surface area contributed by atoms with Gasteiger partial charge in [0.1, 0.15) is 0 Å². The molecule has 0 aliphatic carbocycles. The van der Waals surface area contributed by atoms with Gasteiger partial charge in [-0.25, -0.2) is 13.1 Å². The van der Waals surface area contributed by atoms with Crippen LogP contribution in [0.15, 0.2) is 35.6 Å². The van der Waals surface area contributed by atoms with Crippen LogP contribution in [0.5, 0.6) is 0 Å². The lowest BCUT2D eigenvalue weighted by molar-refractivity contribution is 0.592. The van der Waals surface area contributed by atoms with E-state index in [-0.39, 0.29) is 11.1 Å². The van der Waals surface area contributed by atoms with Gasteiger partial charge in [-0.05, 0) is 21.9 Å². The van der Waals surface area contributed by atoms with Crippen LogP contribution in [0, 0.1) is 0 Å². The van der Waals surface area contributed by atoms with Crippen LogP contribution in [0.2, 0.25) is 0 Å². The molecule has 11 nitrogen and oxygen atoms in total. The third-order valence-corrected chi connectivity index (χ3v) is 5.49. The first-order valence-corrected chi connectivity index (χ1v) is 11.1. The second-order valence-corrected chi connectivity index (χ2v) is 9.14. The molecule has 0 aliphatic rings. The van der Waals surface area contributed by atoms with E-state index < -0.39 is 9.84 Å². The topological polar surface area (TPSA) is 133 Å². The van der Waals surface area contributed by atoms with E-state index in [1.54, 1.807) is 17.9 Å². The van der Waals surface area contributed by atoms with E-state index in [2.05, 4.69) is 35.9 Å². The zero-order valence-corrected chi connectivity index (χ0v) is 17.8. The summed E-state index contributed by atoms with van der Waals surface area (Å²) < 4.78 is 27.4. The van der Waals surface area contributed by atoms with Gasteiger partial charge in [0, 0.05) is 31.0 Å². The first kappa shape index (κ1) is 19.9. The Kier molecular flexibility index (Phi) is 4.94. The summed E-state index contributed by atoms with van der Waals surface area (Å²) in [5.41, 5.74) is 3.08. The molecule has 0 amide bonds. The summed E-state index contributed by atoms with van der Waals surface area (Å²) in [6.07, 6.45) is 2.77. The number of aryl methyl sites for hydroxylation is 1. The Balaban J connectivity index is 1.76. The molecule has 156 valence electrons. The molecule has 0 aliphatic heterocycles. The van der Waals surface area contributed by atoms with Crippen LogP contribution in [-0.4, -0.2) is 54.5 Å². The number of sulfone groups is 1. The van der Waals surface area contributed by atoms with Crippen molar-refractivity contribution in [3.8, 4) is 11.4 Å². The van der Waals surface area contributed by atoms with Gasteiger partial charge in [-0.15, -0.1) is 5.10 Å². The average molecular weight is 427 g/mol. The largest absolute Gasteiger partial charge is 0.350 e. The van der Waals surface area contributed by atoms with Crippen LogP contribution < -0.4 is 5.32 Å². The van der Waals surface area contributed by atoms with Crippen molar-refractivity contribution in [2.45, 2.75) is 31.5 Å². The summed E-state index contributed by atoms with van der Waals surface area (Å²) in [6.45, 7) is 4.35. The minimum absolute atomic E-state index is 0.127. The van der Waals surface area contributed by atoms with E-state index >= 15 is 0 Å². The summed E-state index contributed by atoms with van der Waals surface area (Å²) in [5, 5.41) is 19.0. The number of hydrogen-bond acceptors (Lipinski definition) is 9. The van der Waals surface area contributed by atoms with Gasteiger partial charge in [0.25, 0.3) is 5.16 Å². The van der Waals surface area contributed by atoms with Gasteiger partial charge in [0.15, 0.2) is 11.5 Å². The van der Waals surface area contributed by atoms with Crippen molar-refractivity contribution >= 4 is 21.4 Å². The van der Waals surface area contributed by atoms with Gasteiger partial charge < -0.3 is 5.32 Å². The molecule has 4 aromatic rings. The van der Waals surface area contributed by atoms with Crippen molar-refractivity contribution in [1.82, 2.24) is 39.8 Å². The summed E-state index contributed by atoms with van der Waals surface area (Å²) in [6, 6.07) is 7.67. The van der Waals surface area contributed by atoms with Gasteiger partial charge in [0.2, 0.25) is 15.8 Å². The zero-order valence-electron chi connectivity index (χ0n) is 17.0. The van der Waals surface area contributed by atoms with E-state index in [4.69, 9.17) is 0 Å². The number of tetrazole rings is 1. The van der Waals surface area contributed by atoms with Gasteiger partial charge in [-0.2, -0.15) is 19.6 Å². The Morgan fingerprint density at radius 1 is 1.17 bits per heavy atom. The zero-order chi connectivity index (χ0) is 21.5. The van der Waals surface area contributed by atoms with Crippen LogP contribution in [0.1, 0.15) is 30.9 Å². The van der Waals surface area contributed by atoms with Crippen LogP contribution in [0.4, 0.5) is 5.95 Å². The van der Waals surface area contributed by atoms with E-state index in [0.29, 0.717) is 24.0 Å². The predicted octanol–water partition coefficient (Wildman–Crippen LogP) is 1.45. The number of benzene rings is 1. The van der Waals surface area contributed by atoms with Crippen molar-refractivity contribution in [3.63, 3.8) is 0 Å². The Hall–Kier alpha value is -3.41. The predicted molar refractivity (Wildman–Crippen MR) is 110 cm³/mol. The minimum atomic E-state index is -3.60. The Labute approximate surface area is 173 Å². The van der Waals surface area contributed by atoms with Crippen molar-refractivity contribution in [2.75, 3.05) is 11.6 Å². The van der Waals surface area contributed by atoms with Gasteiger partial charge in [-0.3, -0.25) is 0 Å². The SMILES string of the molecule is CC(C)c1cnn2c(NCc3ccccc3-c3nnnn3C)nc(S(C)(=O)=O)nc12. The molecule has 3 heterocycles. The maximum absolute atomic E-state index is 12.1. The monoisotopic (exact) mass is 427 g/mol. The fourth-order valence-corrected chi connectivity index (χ4v) is 3.59. The number of aromatic nitrogens is 8. The molecule has 3 aromatic heterocycles. The molecular weight excluding hydrogens is 406 g/mol. The van der Waals surface area contributed by atoms with Gasteiger partial charge >= 0.3 is 0 Å². The average Bonchev–Trinajstić information content (AvgIpc) is 3.31. The highest BCUT2D eigenvalue weighted by Gasteiger charge is 2.20. The number of rotatable bonds is 6. The molecule has 0 spiro atoms. The quantitative estimate of drug-likeness (QED) is 0.485. The molecular formula is C18H21N9O2S. The highest BCUT2D eigenvalue weighted by Crippen LogP contribution is 2.24. The van der Waals surface area contributed by atoms with Gasteiger partial charge in [-0.1, -0.05) is 38.1 Å². The lowest BCUT2D eigenvalue weighted by Gasteiger charge is -2.12. The molecule has 0 bridgehead atoms. The van der Waals surface area contributed by atoms with Crippen LogP contribution in [-0.2, 0) is 23.4 Å². The number of nitrogens with one attached hydrogen (secondary N) is 1. The number of fused-ring (bicyclic) bond motifs is 1. The number of nitrogens with zero attached hydrogens (tertiary/aromatic N) is 8. The number of anilines is 1.